The highest BCUT2D eigenvalue weighted by molar-refractivity contribution is 5.85. The van der Waals surface area contributed by atoms with Gasteiger partial charge in [0.25, 0.3) is 0 Å². The number of pyridine rings is 1. The Balaban J connectivity index is 2.05. The number of anilines is 1. The lowest BCUT2D eigenvalue weighted by molar-refractivity contribution is -0.142. The zero-order chi connectivity index (χ0) is 15.2. The summed E-state index contributed by atoms with van der Waals surface area (Å²) in [5.74, 6) is -1.52. The molecule has 6 heteroatoms. The van der Waals surface area contributed by atoms with Gasteiger partial charge in [0, 0.05) is 5.69 Å². The molecule has 0 bridgehead atoms. The average Bonchev–Trinajstić information content (AvgIpc) is 2.48. The number of carboxylic acids is 1. The summed E-state index contributed by atoms with van der Waals surface area (Å²) >= 11 is 0. The average molecular weight is 285 g/mol. The molecule has 0 saturated heterocycles. The van der Waals surface area contributed by atoms with Crippen molar-refractivity contribution in [2.45, 2.75) is 12.5 Å². The number of nitrogen functional groups attached to an aromatic ring is 1. The normalized spacial score (nSPS) is 11.6. The minimum atomic E-state index is -1.11. The summed E-state index contributed by atoms with van der Waals surface area (Å²) in [5, 5.41) is 11.7. The van der Waals surface area contributed by atoms with Crippen LogP contribution in [-0.4, -0.2) is 22.0 Å². The van der Waals surface area contributed by atoms with Crippen molar-refractivity contribution < 1.29 is 14.7 Å². The summed E-state index contributed by atoms with van der Waals surface area (Å²) in [4.78, 5) is 27.2. The molecule has 1 aromatic heterocycles. The molecule has 0 aliphatic heterocycles. The maximum absolute atomic E-state index is 11.9. The van der Waals surface area contributed by atoms with Gasteiger partial charge in [-0.15, -0.1) is 0 Å². The van der Waals surface area contributed by atoms with E-state index in [-0.39, 0.29) is 6.42 Å². The molecule has 0 aliphatic carbocycles. The standard InChI is InChI=1S/C15H15N3O3/c16-11-6-7-12(17-9-11)8-13(19)18-14(15(20)21)10-4-2-1-3-5-10/h1-7,9,14H,8,16H2,(H,18,19)(H,20,21). The molecule has 4 N–H and O–H groups in total. The number of carbonyl (C=O) groups is 2. The molecule has 1 atom stereocenters. The first kappa shape index (κ1) is 14.5. The molecule has 2 rings (SSSR count). The van der Waals surface area contributed by atoms with Gasteiger partial charge in [-0.1, -0.05) is 30.3 Å². The van der Waals surface area contributed by atoms with Crippen LogP contribution in [0.3, 0.4) is 0 Å². The van der Waals surface area contributed by atoms with Crippen LogP contribution < -0.4 is 11.1 Å². The van der Waals surface area contributed by atoms with Crippen LogP contribution in [0.5, 0.6) is 0 Å². The zero-order valence-electron chi connectivity index (χ0n) is 11.2. The van der Waals surface area contributed by atoms with E-state index in [9.17, 15) is 14.7 Å². The van der Waals surface area contributed by atoms with Crippen LogP contribution in [-0.2, 0) is 16.0 Å². The summed E-state index contributed by atoms with van der Waals surface area (Å²) in [6.07, 6.45) is 1.45. The Morgan fingerprint density at radius 3 is 2.48 bits per heavy atom. The number of hydrogen-bond donors (Lipinski definition) is 3. The van der Waals surface area contributed by atoms with Gasteiger partial charge in [0.2, 0.25) is 5.91 Å². The minimum absolute atomic E-state index is 0.00308. The smallest absolute Gasteiger partial charge is 0.330 e. The highest BCUT2D eigenvalue weighted by Gasteiger charge is 2.21. The van der Waals surface area contributed by atoms with Crippen molar-refractivity contribution >= 4 is 17.6 Å². The van der Waals surface area contributed by atoms with E-state index in [0.29, 0.717) is 16.9 Å². The first-order chi connectivity index (χ1) is 10.1. The van der Waals surface area contributed by atoms with E-state index in [1.54, 1.807) is 42.5 Å². The van der Waals surface area contributed by atoms with Gasteiger partial charge in [-0.2, -0.15) is 0 Å². The number of aliphatic carboxylic acids is 1. The van der Waals surface area contributed by atoms with Crippen LogP contribution in [0.1, 0.15) is 17.3 Å². The fourth-order valence-corrected chi connectivity index (χ4v) is 1.85. The molecule has 108 valence electrons. The van der Waals surface area contributed by atoms with E-state index in [2.05, 4.69) is 10.3 Å². The summed E-state index contributed by atoms with van der Waals surface area (Å²) in [5.41, 5.74) is 7.06. The maximum Gasteiger partial charge on any atom is 0.330 e. The summed E-state index contributed by atoms with van der Waals surface area (Å²) in [6.45, 7) is 0. The number of aromatic nitrogens is 1. The van der Waals surface area contributed by atoms with Gasteiger partial charge in [0.1, 0.15) is 0 Å². The molecule has 2 aromatic rings. The maximum atomic E-state index is 11.9. The Labute approximate surface area is 121 Å². The van der Waals surface area contributed by atoms with Crippen LogP contribution in [0, 0.1) is 0 Å². The number of carbonyl (C=O) groups excluding carboxylic acids is 1. The van der Waals surface area contributed by atoms with Crippen LogP contribution in [0.4, 0.5) is 5.69 Å². The highest BCUT2D eigenvalue weighted by Crippen LogP contribution is 2.13. The van der Waals surface area contributed by atoms with E-state index in [1.165, 1.54) is 6.20 Å². The van der Waals surface area contributed by atoms with Crippen LogP contribution in [0.15, 0.2) is 48.7 Å². The van der Waals surface area contributed by atoms with E-state index < -0.39 is 17.9 Å². The lowest BCUT2D eigenvalue weighted by atomic mass is 10.1. The quantitative estimate of drug-likeness (QED) is 0.764. The van der Waals surface area contributed by atoms with Crippen LogP contribution in [0.2, 0.25) is 0 Å². The zero-order valence-corrected chi connectivity index (χ0v) is 11.2. The monoisotopic (exact) mass is 285 g/mol. The lowest BCUT2D eigenvalue weighted by Gasteiger charge is -2.14. The van der Waals surface area contributed by atoms with Crippen molar-refractivity contribution in [1.29, 1.82) is 0 Å². The number of carboxylic acid groups (broad SMARTS) is 1. The lowest BCUT2D eigenvalue weighted by Crippen LogP contribution is -2.34. The molecule has 0 spiro atoms. The van der Waals surface area contributed by atoms with Crippen molar-refractivity contribution in [2.75, 3.05) is 5.73 Å². The third-order valence-corrected chi connectivity index (χ3v) is 2.87. The Kier molecular flexibility index (Phi) is 4.50. The molecular weight excluding hydrogens is 270 g/mol. The first-order valence-electron chi connectivity index (χ1n) is 6.34. The number of nitrogens with zero attached hydrogens (tertiary/aromatic N) is 1. The third kappa shape index (κ3) is 4.04. The summed E-state index contributed by atoms with van der Waals surface area (Å²) in [6, 6.07) is 10.7. The number of benzene rings is 1. The SMILES string of the molecule is Nc1ccc(CC(=O)NC(C(=O)O)c2ccccc2)nc1. The van der Waals surface area contributed by atoms with Crippen LogP contribution in [0.25, 0.3) is 0 Å². The molecule has 1 heterocycles. The van der Waals surface area contributed by atoms with Crippen molar-refractivity contribution in [3.05, 3.63) is 59.9 Å². The molecule has 1 unspecified atom stereocenters. The summed E-state index contributed by atoms with van der Waals surface area (Å²) < 4.78 is 0. The Morgan fingerprint density at radius 2 is 1.90 bits per heavy atom. The predicted octanol–water partition coefficient (Wildman–Crippen LogP) is 1.15. The van der Waals surface area contributed by atoms with Crippen molar-refractivity contribution in [3.8, 4) is 0 Å². The largest absolute Gasteiger partial charge is 0.479 e. The minimum Gasteiger partial charge on any atom is -0.479 e. The van der Waals surface area contributed by atoms with Crippen LogP contribution >= 0.6 is 0 Å². The number of rotatable bonds is 5. The van der Waals surface area contributed by atoms with Gasteiger partial charge in [-0.3, -0.25) is 9.78 Å². The van der Waals surface area contributed by atoms with E-state index in [0.717, 1.165) is 0 Å². The topological polar surface area (TPSA) is 105 Å². The third-order valence-electron chi connectivity index (χ3n) is 2.87. The Bertz CT molecular complexity index is 626. The molecule has 0 aliphatic rings. The van der Waals surface area contributed by atoms with Gasteiger partial charge in [0.15, 0.2) is 6.04 Å². The van der Waals surface area contributed by atoms with Gasteiger partial charge in [-0.05, 0) is 17.7 Å². The van der Waals surface area contributed by atoms with E-state index >= 15 is 0 Å². The highest BCUT2D eigenvalue weighted by atomic mass is 16.4. The number of amides is 1. The van der Waals surface area contributed by atoms with Crippen molar-refractivity contribution in [2.24, 2.45) is 0 Å². The molecule has 0 fully saturated rings. The molecule has 1 amide bonds. The molecule has 0 saturated carbocycles. The fraction of sp³-hybridized carbons (Fsp3) is 0.133. The number of nitrogens with two attached hydrogens (primary N) is 1. The number of hydrogen-bond acceptors (Lipinski definition) is 4. The fourth-order valence-electron chi connectivity index (χ4n) is 1.85. The molecule has 1 aromatic carbocycles. The second-order valence-corrected chi connectivity index (χ2v) is 4.51. The summed E-state index contributed by atoms with van der Waals surface area (Å²) in [7, 11) is 0. The second kappa shape index (κ2) is 6.51. The predicted molar refractivity (Wildman–Crippen MR) is 77.3 cm³/mol. The number of nitrogens with one attached hydrogen (secondary N) is 1. The van der Waals surface area contributed by atoms with E-state index in [4.69, 9.17) is 5.73 Å². The van der Waals surface area contributed by atoms with Gasteiger partial charge in [0.05, 0.1) is 18.3 Å². The second-order valence-electron chi connectivity index (χ2n) is 4.51. The first-order valence-corrected chi connectivity index (χ1v) is 6.34. The van der Waals surface area contributed by atoms with Crippen molar-refractivity contribution in [1.82, 2.24) is 10.3 Å². The molecule has 0 radical (unpaired) electrons. The van der Waals surface area contributed by atoms with E-state index in [1.807, 2.05) is 0 Å². The Morgan fingerprint density at radius 1 is 1.19 bits per heavy atom. The van der Waals surface area contributed by atoms with Gasteiger partial charge >= 0.3 is 5.97 Å². The van der Waals surface area contributed by atoms with Gasteiger partial charge < -0.3 is 16.2 Å². The Hall–Kier alpha value is -2.89. The molecule has 6 nitrogen and oxygen atoms in total. The van der Waals surface area contributed by atoms with Gasteiger partial charge in [-0.25, -0.2) is 4.79 Å². The molecule has 21 heavy (non-hydrogen) atoms. The molecular formula is C15H15N3O3. The van der Waals surface area contributed by atoms with Crippen molar-refractivity contribution in [3.63, 3.8) is 0 Å².